The number of aliphatic hydroxyl groups is 1. The van der Waals surface area contributed by atoms with Gasteiger partial charge in [0.25, 0.3) is 0 Å². The molecule has 0 radical (unpaired) electrons. The van der Waals surface area contributed by atoms with Gasteiger partial charge in [0.05, 0.1) is 13.2 Å². The number of aliphatic hydroxyl groups excluding tert-OH is 1. The average molecular weight is 238 g/mol. The predicted molar refractivity (Wildman–Crippen MR) is 64.3 cm³/mol. The molecule has 2 N–H and O–H groups in total. The maximum absolute atomic E-state index is 10.4. The van der Waals surface area contributed by atoms with Crippen LogP contribution in [-0.4, -0.2) is 23.3 Å². The first-order chi connectivity index (χ1) is 7.95. The fourth-order valence-electron chi connectivity index (χ4n) is 1.92. The van der Waals surface area contributed by atoms with Crippen LogP contribution in [0.3, 0.4) is 0 Å². The van der Waals surface area contributed by atoms with E-state index in [4.69, 9.17) is 9.84 Å². The number of benzene rings is 1. The van der Waals surface area contributed by atoms with Crippen LogP contribution >= 0.6 is 0 Å². The number of aryl methyl sites for hydroxylation is 2. The molecule has 0 heterocycles. The zero-order chi connectivity index (χ0) is 13.0. The van der Waals surface area contributed by atoms with E-state index in [0.29, 0.717) is 0 Å². The molecular formula is C13H18O4. The lowest BCUT2D eigenvalue weighted by Crippen LogP contribution is -2.04. The Labute approximate surface area is 101 Å². The molecule has 0 saturated carbocycles. The van der Waals surface area contributed by atoms with Gasteiger partial charge in [-0.2, -0.15) is 0 Å². The number of carboxylic acids is 1. The summed E-state index contributed by atoms with van der Waals surface area (Å²) in [5.41, 5.74) is 2.62. The third-order valence-corrected chi connectivity index (χ3v) is 2.70. The van der Waals surface area contributed by atoms with Gasteiger partial charge in [0.2, 0.25) is 0 Å². The number of methoxy groups -OCH3 is 1. The van der Waals surface area contributed by atoms with E-state index in [2.05, 4.69) is 0 Å². The number of aliphatic carboxylic acids is 1. The Morgan fingerprint density at radius 3 is 2.29 bits per heavy atom. The van der Waals surface area contributed by atoms with E-state index >= 15 is 0 Å². The summed E-state index contributed by atoms with van der Waals surface area (Å²) in [6.07, 6.45) is -0.555. The molecule has 0 amide bonds. The molecular weight excluding hydrogens is 220 g/mol. The van der Waals surface area contributed by atoms with E-state index in [1.165, 1.54) is 0 Å². The van der Waals surface area contributed by atoms with Crippen molar-refractivity contribution in [1.29, 1.82) is 0 Å². The van der Waals surface area contributed by atoms with Crippen molar-refractivity contribution < 1.29 is 19.7 Å². The fourth-order valence-corrected chi connectivity index (χ4v) is 1.92. The molecule has 94 valence electrons. The number of ether oxygens (including phenoxy) is 1. The van der Waals surface area contributed by atoms with Gasteiger partial charge in [0.15, 0.2) is 0 Å². The third-order valence-electron chi connectivity index (χ3n) is 2.70. The summed E-state index contributed by atoms with van der Waals surface area (Å²) in [5, 5.41) is 18.4. The van der Waals surface area contributed by atoms with Gasteiger partial charge in [-0.05, 0) is 49.1 Å². The highest BCUT2D eigenvalue weighted by atomic mass is 16.5. The first kappa shape index (κ1) is 13.5. The van der Waals surface area contributed by atoms with Crippen LogP contribution in [-0.2, 0) is 4.79 Å². The van der Waals surface area contributed by atoms with Crippen LogP contribution in [0.15, 0.2) is 12.1 Å². The van der Waals surface area contributed by atoms with Crippen molar-refractivity contribution in [2.45, 2.75) is 32.8 Å². The number of carbonyl (C=O) groups is 1. The van der Waals surface area contributed by atoms with E-state index in [1.807, 2.05) is 26.0 Å². The van der Waals surface area contributed by atoms with Gasteiger partial charge in [-0.15, -0.1) is 0 Å². The van der Waals surface area contributed by atoms with Gasteiger partial charge in [-0.1, -0.05) is 0 Å². The summed E-state index contributed by atoms with van der Waals surface area (Å²) < 4.78 is 5.23. The molecule has 0 aliphatic rings. The summed E-state index contributed by atoms with van der Waals surface area (Å²) in [5.74, 6) is -0.0924. The molecule has 1 aromatic rings. The first-order valence-electron chi connectivity index (χ1n) is 5.50. The standard InChI is InChI=1S/C13H18O4/c1-8-6-10(7-9(2)13(8)17-3)11(14)4-5-12(15)16/h6-7,11,14H,4-5H2,1-3H3,(H,15,16). The molecule has 1 unspecified atom stereocenters. The second-order valence-electron chi connectivity index (χ2n) is 4.14. The molecule has 0 saturated heterocycles. The van der Waals surface area contributed by atoms with Crippen LogP contribution < -0.4 is 4.74 Å². The average Bonchev–Trinajstić information content (AvgIpc) is 2.25. The maximum atomic E-state index is 10.4. The van der Waals surface area contributed by atoms with Crippen molar-refractivity contribution in [3.05, 3.63) is 28.8 Å². The van der Waals surface area contributed by atoms with Crippen LogP contribution in [0.2, 0.25) is 0 Å². The van der Waals surface area contributed by atoms with Crippen molar-refractivity contribution >= 4 is 5.97 Å². The molecule has 4 heteroatoms. The number of carboxylic acid groups (broad SMARTS) is 1. The van der Waals surface area contributed by atoms with Crippen molar-refractivity contribution in [2.24, 2.45) is 0 Å². The van der Waals surface area contributed by atoms with E-state index in [1.54, 1.807) is 7.11 Å². The molecule has 1 aromatic carbocycles. The van der Waals surface area contributed by atoms with Crippen molar-refractivity contribution in [3.63, 3.8) is 0 Å². The Bertz CT molecular complexity index is 389. The topological polar surface area (TPSA) is 66.8 Å². The normalized spacial score (nSPS) is 12.2. The SMILES string of the molecule is COc1c(C)cc(C(O)CCC(=O)O)cc1C. The van der Waals surface area contributed by atoms with Gasteiger partial charge in [0.1, 0.15) is 5.75 Å². The largest absolute Gasteiger partial charge is 0.496 e. The zero-order valence-electron chi connectivity index (χ0n) is 10.4. The van der Waals surface area contributed by atoms with Crippen LogP contribution in [0.4, 0.5) is 0 Å². The summed E-state index contributed by atoms with van der Waals surface area (Å²) in [6, 6.07) is 3.66. The Hall–Kier alpha value is -1.55. The highest BCUT2D eigenvalue weighted by Crippen LogP contribution is 2.28. The zero-order valence-corrected chi connectivity index (χ0v) is 10.4. The number of hydrogen-bond acceptors (Lipinski definition) is 3. The minimum Gasteiger partial charge on any atom is -0.496 e. The summed E-state index contributed by atoms with van der Waals surface area (Å²) in [4.78, 5) is 10.4. The molecule has 0 bridgehead atoms. The van der Waals surface area contributed by atoms with Crippen molar-refractivity contribution in [3.8, 4) is 5.75 Å². The molecule has 1 rings (SSSR count). The summed E-state index contributed by atoms with van der Waals surface area (Å²) >= 11 is 0. The fraction of sp³-hybridized carbons (Fsp3) is 0.462. The lowest BCUT2D eigenvalue weighted by Gasteiger charge is -2.15. The lowest BCUT2D eigenvalue weighted by atomic mass is 9.99. The second kappa shape index (κ2) is 5.68. The molecule has 17 heavy (non-hydrogen) atoms. The Morgan fingerprint density at radius 2 is 1.88 bits per heavy atom. The Morgan fingerprint density at radius 1 is 1.35 bits per heavy atom. The van der Waals surface area contributed by atoms with Crippen LogP contribution in [0.5, 0.6) is 5.75 Å². The van der Waals surface area contributed by atoms with E-state index in [9.17, 15) is 9.90 Å². The molecule has 0 aromatic heterocycles. The van der Waals surface area contributed by atoms with E-state index in [-0.39, 0.29) is 12.8 Å². The van der Waals surface area contributed by atoms with Crippen LogP contribution in [0.25, 0.3) is 0 Å². The Balaban J connectivity index is 2.88. The van der Waals surface area contributed by atoms with E-state index in [0.717, 1.165) is 22.4 Å². The Kier molecular flexibility index (Phi) is 4.52. The van der Waals surface area contributed by atoms with E-state index < -0.39 is 12.1 Å². The third kappa shape index (κ3) is 3.46. The molecule has 4 nitrogen and oxygen atoms in total. The predicted octanol–water partition coefficient (Wildman–Crippen LogP) is 2.21. The molecule has 0 fully saturated rings. The lowest BCUT2D eigenvalue weighted by molar-refractivity contribution is -0.137. The van der Waals surface area contributed by atoms with Crippen LogP contribution in [0.1, 0.15) is 35.6 Å². The minimum absolute atomic E-state index is 0.0364. The number of hydrogen-bond donors (Lipinski definition) is 2. The maximum Gasteiger partial charge on any atom is 0.303 e. The van der Waals surface area contributed by atoms with Gasteiger partial charge in [0, 0.05) is 6.42 Å². The monoisotopic (exact) mass is 238 g/mol. The summed E-state index contributed by atoms with van der Waals surface area (Å²) in [7, 11) is 1.61. The van der Waals surface area contributed by atoms with Gasteiger partial charge < -0.3 is 14.9 Å². The van der Waals surface area contributed by atoms with Crippen LogP contribution in [0, 0.1) is 13.8 Å². The molecule has 1 atom stereocenters. The quantitative estimate of drug-likeness (QED) is 0.825. The molecule has 0 aliphatic heterocycles. The van der Waals surface area contributed by atoms with Gasteiger partial charge >= 0.3 is 5.97 Å². The van der Waals surface area contributed by atoms with Crippen molar-refractivity contribution in [2.75, 3.05) is 7.11 Å². The first-order valence-corrected chi connectivity index (χ1v) is 5.50. The van der Waals surface area contributed by atoms with Crippen molar-refractivity contribution in [1.82, 2.24) is 0 Å². The molecule has 0 aliphatic carbocycles. The second-order valence-corrected chi connectivity index (χ2v) is 4.14. The smallest absolute Gasteiger partial charge is 0.303 e. The summed E-state index contributed by atoms with van der Waals surface area (Å²) in [6.45, 7) is 3.80. The minimum atomic E-state index is -0.897. The highest BCUT2D eigenvalue weighted by Gasteiger charge is 2.13. The molecule has 0 spiro atoms. The van der Waals surface area contributed by atoms with Gasteiger partial charge in [-0.3, -0.25) is 4.79 Å². The number of rotatable bonds is 5. The van der Waals surface area contributed by atoms with Gasteiger partial charge in [-0.25, -0.2) is 0 Å². The highest BCUT2D eigenvalue weighted by molar-refractivity contribution is 5.66.